The first-order valence-corrected chi connectivity index (χ1v) is 7.00. The lowest BCUT2D eigenvalue weighted by atomic mass is 10.2. The third-order valence-electron chi connectivity index (χ3n) is 2.63. The Morgan fingerprint density at radius 3 is 2.57 bits per heavy atom. The van der Waals surface area contributed by atoms with Crippen molar-refractivity contribution in [1.82, 2.24) is 5.43 Å². The minimum absolute atomic E-state index is 0.0735. The lowest BCUT2D eigenvalue weighted by molar-refractivity contribution is 0.0952. The summed E-state index contributed by atoms with van der Waals surface area (Å²) in [5.74, 6) is -0.531. The van der Waals surface area contributed by atoms with Crippen LogP contribution in [0.4, 0.5) is 0 Å². The molecule has 0 fully saturated rings. The molecule has 2 rings (SSSR count). The van der Waals surface area contributed by atoms with E-state index < -0.39 is 5.91 Å². The van der Waals surface area contributed by atoms with Crippen LogP contribution >= 0.6 is 15.9 Å². The first kappa shape index (κ1) is 15.0. The first-order valence-electron chi connectivity index (χ1n) is 6.20. The molecule has 1 amide bonds. The molecule has 0 aliphatic rings. The summed E-state index contributed by atoms with van der Waals surface area (Å²) in [5, 5.41) is 13.3. The number of carbonyl (C=O) groups is 1. The number of nitrogens with one attached hydrogen (secondary N) is 1. The smallest absolute Gasteiger partial charge is 0.275 e. The molecule has 2 N–H and O–H groups in total. The molecule has 2 aromatic rings. The maximum absolute atomic E-state index is 11.7. The predicted octanol–water partition coefficient (Wildman–Crippen LogP) is 3.58. The highest BCUT2D eigenvalue weighted by molar-refractivity contribution is 9.10. The van der Waals surface area contributed by atoms with Crippen LogP contribution in [0.1, 0.15) is 15.9 Å². The van der Waals surface area contributed by atoms with Crippen LogP contribution in [0.15, 0.2) is 64.2 Å². The van der Waals surface area contributed by atoms with Gasteiger partial charge in [0.15, 0.2) is 0 Å². The molecule has 106 valence electrons. The Morgan fingerprint density at radius 2 is 1.86 bits per heavy atom. The molecular weight excluding hydrogens is 332 g/mol. The second-order valence-corrected chi connectivity index (χ2v) is 5.06. The van der Waals surface area contributed by atoms with Gasteiger partial charge in [0.25, 0.3) is 5.91 Å². The lowest BCUT2D eigenvalue weighted by Crippen LogP contribution is -2.17. The van der Waals surface area contributed by atoms with Crippen molar-refractivity contribution in [1.29, 1.82) is 0 Å². The van der Waals surface area contributed by atoms with Crippen molar-refractivity contribution in [2.75, 3.05) is 0 Å². The van der Waals surface area contributed by atoms with Crippen LogP contribution in [-0.2, 0) is 0 Å². The van der Waals surface area contributed by atoms with Gasteiger partial charge in [-0.1, -0.05) is 46.3 Å². The molecule has 0 aromatic heterocycles. The largest absolute Gasteiger partial charge is 0.507 e. The molecule has 0 saturated heterocycles. The number of nitrogens with zero attached hydrogens (tertiary/aromatic N) is 1. The standard InChI is InChI=1S/C16H13BrN2O2/c17-13-9-7-12(8-10-13)4-3-11-18-19-16(21)14-5-1-2-6-15(14)20/h1-11,20H,(H,19,21)/b4-3+,18-11-. The van der Waals surface area contributed by atoms with Gasteiger partial charge in [0.05, 0.1) is 5.56 Å². The van der Waals surface area contributed by atoms with E-state index >= 15 is 0 Å². The highest BCUT2D eigenvalue weighted by Gasteiger charge is 2.07. The minimum atomic E-state index is -0.457. The van der Waals surface area contributed by atoms with Crippen molar-refractivity contribution in [3.05, 3.63) is 70.2 Å². The zero-order valence-corrected chi connectivity index (χ0v) is 12.6. The van der Waals surface area contributed by atoms with Gasteiger partial charge >= 0.3 is 0 Å². The number of phenolic OH excluding ortho intramolecular Hbond substituents is 1. The van der Waals surface area contributed by atoms with Crippen LogP contribution in [0, 0.1) is 0 Å². The monoisotopic (exact) mass is 344 g/mol. The van der Waals surface area contributed by atoms with Crippen molar-refractivity contribution < 1.29 is 9.90 Å². The Kier molecular flexibility index (Phi) is 5.29. The molecule has 0 spiro atoms. The Hall–Kier alpha value is -2.40. The van der Waals surface area contributed by atoms with E-state index in [-0.39, 0.29) is 11.3 Å². The number of aromatic hydroxyl groups is 1. The van der Waals surface area contributed by atoms with Crippen LogP contribution in [-0.4, -0.2) is 17.2 Å². The molecule has 0 aliphatic carbocycles. The van der Waals surface area contributed by atoms with E-state index in [1.165, 1.54) is 18.3 Å². The van der Waals surface area contributed by atoms with Gasteiger partial charge in [-0.2, -0.15) is 5.10 Å². The molecule has 21 heavy (non-hydrogen) atoms. The average molecular weight is 345 g/mol. The quantitative estimate of drug-likeness (QED) is 0.657. The summed E-state index contributed by atoms with van der Waals surface area (Å²) in [6, 6.07) is 14.1. The highest BCUT2D eigenvalue weighted by atomic mass is 79.9. The van der Waals surface area contributed by atoms with Gasteiger partial charge in [-0.25, -0.2) is 5.43 Å². The summed E-state index contributed by atoms with van der Waals surface area (Å²) in [7, 11) is 0. The summed E-state index contributed by atoms with van der Waals surface area (Å²) in [6.07, 6.45) is 5.05. The fourth-order valence-electron chi connectivity index (χ4n) is 1.59. The van der Waals surface area contributed by atoms with Crippen LogP contribution in [0.2, 0.25) is 0 Å². The zero-order valence-electron chi connectivity index (χ0n) is 11.0. The summed E-state index contributed by atoms with van der Waals surface area (Å²) >= 11 is 3.36. The van der Waals surface area contributed by atoms with Gasteiger partial charge in [-0.05, 0) is 35.9 Å². The molecule has 0 bridgehead atoms. The van der Waals surface area contributed by atoms with Crippen molar-refractivity contribution in [3.63, 3.8) is 0 Å². The number of allylic oxidation sites excluding steroid dienone is 1. The van der Waals surface area contributed by atoms with Gasteiger partial charge in [-0.15, -0.1) is 0 Å². The number of phenols is 1. The minimum Gasteiger partial charge on any atom is -0.507 e. The number of halogens is 1. The summed E-state index contributed by atoms with van der Waals surface area (Å²) in [4.78, 5) is 11.7. The van der Waals surface area contributed by atoms with Crippen molar-refractivity contribution in [3.8, 4) is 5.75 Å². The molecule has 0 unspecified atom stereocenters. The topological polar surface area (TPSA) is 61.7 Å². The lowest BCUT2D eigenvalue weighted by Gasteiger charge is -2.01. The van der Waals surface area contributed by atoms with Gasteiger partial charge in [0.2, 0.25) is 0 Å². The Morgan fingerprint density at radius 1 is 1.14 bits per heavy atom. The Bertz CT molecular complexity index is 679. The second-order valence-electron chi connectivity index (χ2n) is 4.15. The van der Waals surface area contributed by atoms with Crippen LogP contribution < -0.4 is 5.43 Å². The molecule has 0 heterocycles. The fraction of sp³-hybridized carbons (Fsp3) is 0. The number of amides is 1. The van der Waals surface area contributed by atoms with E-state index in [2.05, 4.69) is 26.5 Å². The predicted molar refractivity (Wildman–Crippen MR) is 87.2 cm³/mol. The van der Waals surface area contributed by atoms with Crippen LogP contribution in [0.25, 0.3) is 6.08 Å². The number of rotatable bonds is 4. The average Bonchev–Trinajstić information content (AvgIpc) is 2.49. The third kappa shape index (κ3) is 4.57. The van der Waals surface area contributed by atoms with Gasteiger partial charge in [-0.3, -0.25) is 4.79 Å². The maximum Gasteiger partial charge on any atom is 0.275 e. The molecule has 4 nitrogen and oxygen atoms in total. The van der Waals surface area contributed by atoms with Crippen molar-refractivity contribution in [2.45, 2.75) is 0 Å². The van der Waals surface area contributed by atoms with E-state index in [9.17, 15) is 9.90 Å². The Labute approximate surface area is 130 Å². The van der Waals surface area contributed by atoms with Crippen LogP contribution in [0.3, 0.4) is 0 Å². The van der Waals surface area contributed by atoms with Gasteiger partial charge in [0.1, 0.15) is 5.75 Å². The number of hydrogen-bond donors (Lipinski definition) is 2. The van der Waals surface area contributed by atoms with Gasteiger partial charge in [0, 0.05) is 10.7 Å². The number of benzene rings is 2. The third-order valence-corrected chi connectivity index (χ3v) is 3.16. The molecule has 0 radical (unpaired) electrons. The van der Waals surface area contributed by atoms with Crippen molar-refractivity contribution >= 4 is 34.1 Å². The normalized spacial score (nSPS) is 11.1. The van der Waals surface area contributed by atoms with Crippen molar-refractivity contribution in [2.24, 2.45) is 5.10 Å². The van der Waals surface area contributed by atoms with Crippen LogP contribution in [0.5, 0.6) is 5.75 Å². The number of para-hydroxylation sites is 1. The first-order chi connectivity index (χ1) is 10.2. The SMILES string of the molecule is O=C(N/N=C\C=C\c1ccc(Br)cc1)c1ccccc1O. The van der Waals surface area contributed by atoms with Gasteiger partial charge < -0.3 is 5.11 Å². The maximum atomic E-state index is 11.7. The molecule has 2 aromatic carbocycles. The molecule has 0 saturated carbocycles. The van der Waals surface area contributed by atoms with E-state index in [0.29, 0.717) is 0 Å². The molecule has 5 heteroatoms. The van der Waals surface area contributed by atoms with E-state index in [1.807, 2.05) is 30.3 Å². The zero-order chi connectivity index (χ0) is 15.1. The molecule has 0 atom stereocenters. The summed E-state index contributed by atoms with van der Waals surface area (Å²) in [5.41, 5.74) is 3.56. The molecule has 0 aliphatic heterocycles. The number of hydrogen-bond acceptors (Lipinski definition) is 3. The van der Waals surface area contributed by atoms with E-state index in [0.717, 1.165) is 10.0 Å². The van der Waals surface area contributed by atoms with E-state index in [4.69, 9.17) is 0 Å². The highest BCUT2D eigenvalue weighted by Crippen LogP contribution is 2.14. The Balaban J connectivity index is 1.89. The molecular formula is C16H13BrN2O2. The summed E-state index contributed by atoms with van der Waals surface area (Å²) in [6.45, 7) is 0. The summed E-state index contributed by atoms with van der Waals surface area (Å²) < 4.78 is 1.02. The fourth-order valence-corrected chi connectivity index (χ4v) is 1.86. The second kappa shape index (κ2) is 7.40. The number of hydrazone groups is 1. The number of carbonyl (C=O) groups excluding carboxylic acids is 1. The van der Waals surface area contributed by atoms with E-state index in [1.54, 1.807) is 18.2 Å².